The van der Waals surface area contributed by atoms with Gasteiger partial charge in [-0.1, -0.05) is 23.2 Å². The Hall–Kier alpha value is -1.99. The van der Waals surface area contributed by atoms with Gasteiger partial charge < -0.3 is 20.1 Å². The van der Waals surface area contributed by atoms with Crippen molar-refractivity contribution in [3.8, 4) is 0 Å². The average Bonchev–Trinajstić information content (AvgIpc) is 2.42. The molecule has 7 nitrogen and oxygen atoms in total. The summed E-state index contributed by atoms with van der Waals surface area (Å²) in [5.74, 6) is -1.16. The minimum Gasteiger partial charge on any atom is -0.456 e. The molecule has 0 atom stereocenters. The normalized spacial score (nSPS) is 10.8. The van der Waals surface area contributed by atoms with Crippen LogP contribution in [0, 0.1) is 0 Å². The lowest BCUT2D eigenvalue weighted by molar-refractivity contribution is -0.147. The van der Waals surface area contributed by atoms with E-state index in [4.69, 9.17) is 32.7 Å². The van der Waals surface area contributed by atoms with Crippen molar-refractivity contribution in [2.75, 3.05) is 18.5 Å². The number of rotatable bonds is 6. The average molecular weight is 391 g/mol. The van der Waals surface area contributed by atoms with Crippen LogP contribution in [0.4, 0.5) is 10.5 Å². The number of hydrogen-bond donors (Lipinski definition) is 2. The Labute approximate surface area is 155 Å². The van der Waals surface area contributed by atoms with Gasteiger partial charge in [0.25, 0.3) is 5.91 Å². The molecule has 2 N–H and O–H groups in total. The number of carbonyl (C=O) groups excluding carboxylic acids is 3. The first-order chi connectivity index (χ1) is 11.5. The second kappa shape index (κ2) is 9.48. The zero-order valence-corrected chi connectivity index (χ0v) is 15.7. The molecule has 25 heavy (non-hydrogen) atoms. The molecular weight excluding hydrogens is 371 g/mol. The van der Waals surface area contributed by atoms with E-state index in [9.17, 15) is 14.4 Å². The summed E-state index contributed by atoms with van der Waals surface area (Å²) < 4.78 is 9.83. The third-order valence-electron chi connectivity index (χ3n) is 2.51. The van der Waals surface area contributed by atoms with Crippen LogP contribution >= 0.6 is 23.2 Å². The predicted octanol–water partition coefficient (Wildman–Crippen LogP) is 3.39. The molecule has 0 bridgehead atoms. The lowest BCUT2D eigenvalue weighted by Gasteiger charge is -2.19. The largest absolute Gasteiger partial charge is 0.456 e. The Morgan fingerprint density at radius 2 is 1.68 bits per heavy atom. The number of amides is 2. The van der Waals surface area contributed by atoms with Gasteiger partial charge in [0, 0.05) is 22.3 Å². The molecule has 0 aliphatic carbocycles. The van der Waals surface area contributed by atoms with Crippen molar-refractivity contribution < 1.29 is 23.9 Å². The molecule has 0 spiro atoms. The first kappa shape index (κ1) is 21.1. The summed E-state index contributed by atoms with van der Waals surface area (Å²) in [4.78, 5) is 34.6. The van der Waals surface area contributed by atoms with Crippen LogP contribution in [0.2, 0.25) is 10.0 Å². The highest BCUT2D eigenvalue weighted by atomic mass is 35.5. The van der Waals surface area contributed by atoms with Crippen LogP contribution < -0.4 is 10.6 Å². The quantitative estimate of drug-likeness (QED) is 0.725. The summed E-state index contributed by atoms with van der Waals surface area (Å²) in [6.07, 6.45) is -0.717. The van der Waals surface area contributed by atoms with Crippen molar-refractivity contribution >= 4 is 46.9 Å². The van der Waals surface area contributed by atoms with Crippen molar-refractivity contribution in [1.82, 2.24) is 5.32 Å². The highest BCUT2D eigenvalue weighted by Gasteiger charge is 2.16. The number of benzene rings is 1. The molecule has 2 amide bonds. The number of carbonyl (C=O) groups is 3. The number of esters is 1. The van der Waals surface area contributed by atoms with Crippen molar-refractivity contribution in [3.63, 3.8) is 0 Å². The maximum atomic E-state index is 11.7. The third kappa shape index (κ3) is 9.79. The Morgan fingerprint density at radius 3 is 2.24 bits per heavy atom. The van der Waals surface area contributed by atoms with Crippen LogP contribution in [0.3, 0.4) is 0 Å². The number of halogens is 2. The Morgan fingerprint density at radius 1 is 1.08 bits per heavy atom. The molecule has 0 aliphatic rings. The number of alkyl carbamates (subject to hydrolysis) is 1. The van der Waals surface area contributed by atoms with Crippen molar-refractivity contribution in [3.05, 3.63) is 28.2 Å². The Kier molecular flexibility index (Phi) is 7.99. The zero-order valence-electron chi connectivity index (χ0n) is 14.2. The summed E-state index contributed by atoms with van der Waals surface area (Å²) in [5, 5.41) is 5.66. The van der Waals surface area contributed by atoms with Gasteiger partial charge in [-0.3, -0.25) is 9.59 Å². The number of nitrogens with one attached hydrogen (secondary N) is 2. The Balaban J connectivity index is 2.27. The molecule has 0 radical (unpaired) electrons. The monoisotopic (exact) mass is 390 g/mol. The lowest BCUT2D eigenvalue weighted by atomic mass is 10.2. The molecule has 9 heteroatoms. The summed E-state index contributed by atoms with van der Waals surface area (Å²) >= 11 is 11.6. The van der Waals surface area contributed by atoms with Gasteiger partial charge in [0.15, 0.2) is 6.61 Å². The van der Waals surface area contributed by atoms with Gasteiger partial charge in [0.05, 0.1) is 6.42 Å². The van der Waals surface area contributed by atoms with E-state index in [1.165, 1.54) is 18.2 Å². The number of ether oxygens (including phenoxy) is 2. The molecule has 1 rings (SSSR count). The van der Waals surface area contributed by atoms with E-state index in [0.717, 1.165) is 0 Å². The topological polar surface area (TPSA) is 93.7 Å². The zero-order chi connectivity index (χ0) is 19.0. The summed E-state index contributed by atoms with van der Waals surface area (Å²) in [7, 11) is 0. The van der Waals surface area contributed by atoms with E-state index in [0.29, 0.717) is 15.7 Å². The smallest absolute Gasteiger partial charge is 0.407 e. The fourth-order valence-corrected chi connectivity index (χ4v) is 2.15. The molecule has 1 aromatic carbocycles. The van der Waals surface area contributed by atoms with E-state index in [1.54, 1.807) is 20.8 Å². The van der Waals surface area contributed by atoms with E-state index < -0.39 is 30.2 Å². The van der Waals surface area contributed by atoms with Gasteiger partial charge in [0.1, 0.15) is 5.60 Å². The minimum absolute atomic E-state index is 0.0409. The summed E-state index contributed by atoms with van der Waals surface area (Å²) in [6, 6.07) is 4.55. The molecule has 138 valence electrons. The van der Waals surface area contributed by atoms with Gasteiger partial charge in [0.2, 0.25) is 0 Å². The van der Waals surface area contributed by atoms with Crippen molar-refractivity contribution in [2.24, 2.45) is 0 Å². The van der Waals surface area contributed by atoms with E-state index in [2.05, 4.69) is 10.6 Å². The van der Waals surface area contributed by atoms with Crippen LogP contribution in [0.1, 0.15) is 27.2 Å². The second-order valence-corrected chi connectivity index (χ2v) is 6.92. The summed E-state index contributed by atoms with van der Waals surface area (Å²) in [5.41, 5.74) is -0.225. The van der Waals surface area contributed by atoms with Crippen LogP contribution in [0.15, 0.2) is 18.2 Å². The minimum atomic E-state index is -0.629. The predicted molar refractivity (Wildman–Crippen MR) is 94.9 cm³/mol. The number of hydrogen-bond acceptors (Lipinski definition) is 5. The van der Waals surface area contributed by atoms with Crippen LogP contribution in [-0.4, -0.2) is 36.7 Å². The molecule has 0 aromatic heterocycles. The molecule has 0 saturated heterocycles. The molecule has 0 heterocycles. The standard InChI is InChI=1S/C16H20Cl2N2O5/c1-16(2,3)25-15(23)19-5-4-14(22)24-9-13(21)20-12-7-10(17)6-11(18)8-12/h6-8H,4-5,9H2,1-3H3,(H,19,23)(H,20,21). The molecule has 0 aliphatic heterocycles. The Bertz CT molecular complexity index is 624. The van der Waals surface area contributed by atoms with Gasteiger partial charge in [-0.2, -0.15) is 0 Å². The van der Waals surface area contributed by atoms with Crippen molar-refractivity contribution in [1.29, 1.82) is 0 Å². The van der Waals surface area contributed by atoms with Gasteiger partial charge in [-0.15, -0.1) is 0 Å². The highest BCUT2D eigenvalue weighted by molar-refractivity contribution is 6.35. The SMILES string of the molecule is CC(C)(C)OC(=O)NCCC(=O)OCC(=O)Nc1cc(Cl)cc(Cl)c1. The molecule has 0 saturated carbocycles. The molecule has 1 aromatic rings. The molecule has 0 fully saturated rings. The van der Waals surface area contributed by atoms with Gasteiger partial charge >= 0.3 is 12.1 Å². The fraction of sp³-hybridized carbons (Fsp3) is 0.438. The number of anilines is 1. The van der Waals surface area contributed by atoms with E-state index >= 15 is 0 Å². The molecular formula is C16H20Cl2N2O5. The first-order valence-electron chi connectivity index (χ1n) is 7.43. The highest BCUT2D eigenvalue weighted by Crippen LogP contribution is 2.22. The van der Waals surface area contributed by atoms with E-state index in [1.807, 2.05) is 0 Å². The van der Waals surface area contributed by atoms with Crippen LogP contribution in [-0.2, 0) is 19.1 Å². The summed E-state index contributed by atoms with van der Waals surface area (Å²) in [6.45, 7) is 4.76. The lowest BCUT2D eigenvalue weighted by Crippen LogP contribution is -2.34. The molecule has 0 unspecified atom stereocenters. The fourth-order valence-electron chi connectivity index (χ4n) is 1.62. The first-order valence-corrected chi connectivity index (χ1v) is 8.19. The second-order valence-electron chi connectivity index (χ2n) is 6.05. The van der Waals surface area contributed by atoms with E-state index in [-0.39, 0.29) is 13.0 Å². The van der Waals surface area contributed by atoms with Gasteiger partial charge in [-0.25, -0.2) is 4.79 Å². The van der Waals surface area contributed by atoms with Crippen molar-refractivity contribution in [2.45, 2.75) is 32.8 Å². The van der Waals surface area contributed by atoms with Gasteiger partial charge in [-0.05, 0) is 39.0 Å². The third-order valence-corrected chi connectivity index (χ3v) is 2.94. The maximum Gasteiger partial charge on any atom is 0.407 e. The van der Waals surface area contributed by atoms with Crippen LogP contribution in [0.5, 0.6) is 0 Å². The maximum absolute atomic E-state index is 11.7. The van der Waals surface area contributed by atoms with Crippen LogP contribution in [0.25, 0.3) is 0 Å².